The third-order valence-corrected chi connectivity index (χ3v) is 5.09. The molecule has 0 aliphatic rings. The number of hydrogen-bond donors (Lipinski definition) is 0. The van der Waals surface area contributed by atoms with Gasteiger partial charge in [-0.2, -0.15) is 0 Å². The van der Waals surface area contributed by atoms with Gasteiger partial charge in [0.1, 0.15) is 23.2 Å². The molecule has 0 unspecified atom stereocenters. The van der Waals surface area contributed by atoms with Crippen LogP contribution >= 0.6 is 11.6 Å². The van der Waals surface area contributed by atoms with Crippen molar-refractivity contribution in [2.24, 2.45) is 0 Å². The van der Waals surface area contributed by atoms with E-state index in [9.17, 15) is 13.6 Å². The molecule has 32 heavy (non-hydrogen) atoms. The molecule has 0 radical (unpaired) electrons. The van der Waals surface area contributed by atoms with E-state index in [-0.39, 0.29) is 11.3 Å². The minimum Gasteiger partial charge on any atom is -0.422 e. The maximum atomic E-state index is 13.4. The summed E-state index contributed by atoms with van der Waals surface area (Å²) in [4.78, 5) is 17.0. The van der Waals surface area contributed by atoms with Gasteiger partial charge in [-0.1, -0.05) is 29.8 Å². The molecule has 0 bridgehead atoms. The monoisotopic (exact) mass is 450 g/mol. The zero-order chi connectivity index (χ0) is 22.5. The average Bonchev–Trinajstić information content (AvgIpc) is 3.22. The molecule has 4 aromatic rings. The Bertz CT molecular complexity index is 1270. The largest absolute Gasteiger partial charge is 0.422 e. The highest BCUT2D eigenvalue weighted by Gasteiger charge is 2.15. The van der Waals surface area contributed by atoms with Gasteiger partial charge in [-0.05, 0) is 60.2 Å². The van der Waals surface area contributed by atoms with E-state index in [0.717, 1.165) is 5.56 Å². The fraction of sp³-hybridized carbons (Fsp3) is 0.0400. The van der Waals surface area contributed by atoms with Crippen molar-refractivity contribution in [2.45, 2.75) is 6.54 Å². The molecule has 1 aromatic heterocycles. The number of hydrogen-bond acceptors (Lipinski definition) is 3. The predicted octanol–water partition coefficient (Wildman–Crippen LogP) is 6.22. The van der Waals surface area contributed by atoms with Gasteiger partial charge in [-0.25, -0.2) is 18.6 Å². The van der Waals surface area contributed by atoms with Crippen molar-refractivity contribution in [3.05, 3.63) is 124 Å². The highest BCUT2D eigenvalue weighted by molar-refractivity contribution is 6.31. The van der Waals surface area contributed by atoms with E-state index in [1.807, 2.05) is 22.8 Å². The lowest BCUT2D eigenvalue weighted by atomic mass is 10.1. The summed E-state index contributed by atoms with van der Waals surface area (Å²) in [5.41, 5.74) is 1.56. The Morgan fingerprint density at radius 1 is 0.938 bits per heavy atom. The van der Waals surface area contributed by atoms with Crippen LogP contribution in [0.5, 0.6) is 0 Å². The minimum atomic E-state index is -0.676. The Hall–Kier alpha value is -3.77. The summed E-state index contributed by atoms with van der Waals surface area (Å²) in [6.45, 7) is 0.452. The van der Waals surface area contributed by atoms with E-state index in [4.69, 9.17) is 16.3 Å². The Balaban J connectivity index is 1.68. The molecule has 0 aliphatic heterocycles. The van der Waals surface area contributed by atoms with Crippen LogP contribution < -0.4 is 0 Å². The topological polar surface area (TPSA) is 44.1 Å². The summed E-state index contributed by atoms with van der Waals surface area (Å²) < 4.78 is 34.1. The summed E-state index contributed by atoms with van der Waals surface area (Å²) in [6.07, 6.45) is 4.98. The third kappa shape index (κ3) is 5.10. The Labute approximate surface area is 188 Å². The van der Waals surface area contributed by atoms with Crippen LogP contribution in [-0.4, -0.2) is 15.5 Å². The number of rotatable bonds is 6. The van der Waals surface area contributed by atoms with E-state index in [0.29, 0.717) is 23.0 Å². The molecule has 4 rings (SSSR count). The van der Waals surface area contributed by atoms with Crippen molar-refractivity contribution < 1.29 is 18.3 Å². The van der Waals surface area contributed by atoms with Gasteiger partial charge in [-0.15, -0.1) is 0 Å². The highest BCUT2D eigenvalue weighted by Crippen LogP contribution is 2.23. The normalized spacial score (nSPS) is 11.4. The van der Waals surface area contributed by atoms with Crippen LogP contribution in [0.25, 0.3) is 11.8 Å². The number of benzene rings is 3. The van der Waals surface area contributed by atoms with Crippen molar-refractivity contribution in [1.82, 2.24) is 9.55 Å². The number of carbonyl (C=O) groups excluding carboxylic acids is 1. The fourth-order valence-corrected chi connectivity index (χ4v) is 3.25. The number of nitrogens with zero attached hydrogens (tertiary/aromatic N) is 2. The van der Waals surface area contributed by atoms with E-state index < -0.39 is 17.6 Å². The summed E-state index contributed by atoms with van der Waals surface area (Å²) in [6, 6.07) is 18.0. The third-order valence-electron chi connectivity index (χ3n) is 4.72. The van der Waals surface area contributed by atoms with E-state index in [2.05, 4.69) is 4.98 Å². The van der Waals surface area contributed by atoms with Gasteiger partial charge in [0, 0.05) is 29.1 Å². The first kappa shape index (κ1) is 21.5. The molecule has 0 saturated heterocycles. The lowest BCUT2D eigenvalue weighted by molar-refractivity contribution is 0.0693. The number of halogens is 3. The summed E-state index contributed by atoms with van der Waals surface area (Å²) >= 11 is 6.28. The number of carbonyl (C=O) groups is 1. The van der Waals surface area contributed by atoms with Crippen LogP contribution in [0.1, 0.15) is 27.3 Å². The molecule has 3 aromatic carbocycles. The standard InChI is InChI=1S/C25H17ClF2N2O2/c26-22-4-2-1-3-19(22)16-30-14-13-29-24(30)15-23(17-5-9-20(27)10-6-17)32-25(31)18-7-11-21(28)12-8-18/h1-15H,16H2/b23-15+. The summed E-state index contributed by atoms with van der Waals surface area (Å²) in [7, 11) is 0. The molecule has 160 valence electrons. The van der Waals surface area contributed by atoms with Gasteiger partial charge in [0.25, 0.3) is 0 Å². The van der Waals surface area contributed by atoms with Crippen molar-refractivity contribution in [3.63, 3.8) is 0 Å². The van der Waals surface area contributed by atoms with Crippen molar-refractivity contribution >= 4 is 29.4 Å². The fourth-order valence-electron chi connectivity index (χ4n) is 3.05. The van der Waals surface area contributed by atoms with Gasteiger partial charge in [0.05, 0.1) is 12.1 Å². The van der Waals surface area contributed by atoms with Crippen LogP contribution in [0.4, 0.5) is 8.78 Å². The van der Waals surface area contributed by atoms with Crippen LogP contribution in [0.15, 0.2) is 85.2 Å². The van der Waals surface area contributed by atoms with Crippen molar-refractivity contribution in [1.29, 1.82) is 0 Å². The first-order chi connectivity index (χ1) is 15.5. The van der Waals surface area contributed by atoms with Gasteiger partial charge >= 0.3 is 5.97 Å². The van der Waals surface area contributed by atoms with Crippen molar-refractivity contribution in [2.75, 3.05) is 0 Å². The molecule has 1 heterocycles. The van der Waals surface area contributed by atoms with Crippen molar-refractivity contribution in [3.8, 4) is 0 Å². The predicted molar refractivity (Wildman–Crippen MR) is 119 cm³/mol. The molecule has 0 N–H and O–H groups in total. The smallest absolute Gasteiger partial charge is 0.343 e. The molecule has 0 spiro atoms. The molecule has 0 atom stereocenters. The molecular formula is C25H17ClF2N2O2. The number of imidazole rings is 1. The molecule has 0 amide bonds. The Morgan fingerprint density at radius 3 is 2.22 bits per heavy atom. The SMILES string of the molecule is O=C(O/C(=C/c1nccn1Cc1ccccc1Cl)c1ccc(F)cc1)c1ccc(F)cc1. The molecule has 7 heteroatoms. The zero-order valence-corrected chi connectivity index (χ0v) is 17.5. The zero-order valence-electron chi connectivity index (χ0n) is 16.7. The Morgan fingerprint density at radius 2 is 1.56 bits per heavy atom. The first-order valence-corrected chi connectivity index (χ1v) is 10.1. The second kappa shape index (κ2) is 9.58. The maximum Gasteiger partial charge on any atom is 0.343 e. The van der Waals surface area contributed by atoms with E-state index >= 15 is 0 Å². The van der Waals surface area contributed by atoms with Gasteiger partial charge < -0.3 is 9.30 Å². The van der Waals surface area contributed by atoms with Crippen LogP contribution in [-0.2, 0) is 11.3 Å². The number of ether oxygens (including phenoxy) is 1. The summed E-state index contributed by atoms with van der Waals surface area (Å²) in [5, 5.41) is 0.623. The molecule has 0 fully saturated rings. The highest BCUT2D eigenvalue weighted by atomic mass is 35.5. The van der Waals surface area contributed by atoms with Gasteiger partial charge in [-0.3, -0.25) is 0 Å². The van der Waals surface area contributed by atoms with Gasteiger partial charge in [0.2, 0.25) is 0 Å². The summed E-state index contributed by atoms with van der Waals surface area (Å²) in [5.74, 6) is -0.873. The minimum absolute atomic E-state index is 0.172. The lowest BCUT2D eigenvalue weighted by Crippen LogP contribution is -2.06. The van der Waals surface area contributed by atoms with Crippen LogP contribution in [0.3, 0.4) is 0 Å². The number of esters is 1. The second-order valence-electron chi connectivity index (χ2n) is 6.92. The average molecular weight is 451 g/mol. The van der Waals surface area contributed by atoms with E-state index in [1.54, 1.807) is 24.5 Å². The van der Waals surface area contributed by atoms with Crippen LogP contribution in [0, 0.1) is 11.6 Å². The number of aromatic nitrogens is 2. The first-order valence-electron chi connectivity index (χ1n) is 9.69. The quantitative estimate of drug-likeness (QED) is 0.259. The molecule has 4 nitrogen and oxygen atoms in total. The molecular weight excluding hydrogens is 434 g/mol. The van der Waals surface area contributed by atoms with Gasteiger partial charge in [0.15, 0.2) is 0 Å². The lowest BCUT2D eigenvalue weighted by Gasteiger charge is -2.11. The molecule has 0 aliphatic carbocycles. The maximum absolute atomic E-state index is 13.4. The molecule has 0 saturated carbocycles. The second-order valence-corrected chi connectivity index (χ2v) is 7.32. The Kier molecular flexibility index (Phi) is 6.42. The van der Waals surface area contributed by atoms with Crippen LogP contribution in [0.2, 0.25) is 5.02 Å². The van der Waals surface area contributed by atoms with E-state index in [1.165, 1.54) is 48.5 Å².